The van der Waals surface area contributed by atoms with E-state index in [1.807, 2.05) is 0 Å². The van der Waals surface area contributed by atoms with Crippen LogP contribution in [0.25, 0.3) is 0 Å². The van der Waals surface area contributed by atoms with Crippen LogP contribution in [0.1, 0.15) is 20.8 Å². The SMILES string of the molecule is CC(NC(=O)C(NC(=O)C(N)CS)C(C)C)C(=O)O. The molecule has 0 radical (unpaired) electrons. The molecule has 0 saturated heterocycles. The highest BCUT2D eigenvalue weighted by atomic mass is 32.1. The Kier molecular flexibility index (Phi) is 7.47. The second kappa shape index (κ2) is 8.00. The topological polar surface area (TPSA) is 122 Å². The summed E-state index contributed by atoms with van der Waals surface area (Å²) in [5, 5.41) is 13.5. The van der Waals surface area contributed by atoms with E-state index in [0.29, 0.717) is 0 Å². The Morgan fingerprint density at radius 2 is 1.68 bits per heavy atom. The second-order valence-corrected chi connectivity index (χ2v) is 4.95. The maximum absolute atomic E-state index is 11.9. The molecule has 3 atom stereocenters. The van der Waals surface area contributed by atoms with E-state index in [2.05, 4.69) is 23.3 Å². The van der Waals surface area contributed by atoms with Crippen LogP contribution in [0.4, 0.5) is 0 Å². The van der Waals surface area contributed by atoms with Crippen LogP contribution in [0.3, 0.4) is 0 Å². The largest absolute Gasteiger partial charge is 0.480 e. The van der Waals surface area contributed by atoms with Crippen LogP contribution >= 0.6 is 12.6 Å². The van der Waals surface area contributed by atoms with Gasteiger partial charge in [-0.25, -0.2) is 0 Å². The van der Waals surface area contributed by atoms with E-state index in [9.17, 15) is 14.4 Å². The molecular formula is C11H21N3O4S. The van der Waals surface area contributed by atoms with Crippen molar-refractivity contribution < 1.29 is 19.5 Å². The lowest BCUT2D eigenvalue weighted by molar-refractivity contribution is -0.142. The number of nitrogens with two attached hydrogens (primary N) is 1. The second-order valence-electron chi connectivity index (χ2n) is 4.59. The van der Waals surface area contributed by atoms with Crippen molar-refractivity contribution in [2.24, 2.45) is 11.7 Å². The zero-order valence-corrected chi connectivity index (χ0v) is 12.1. The number of hydrogen-bond acceptors (Lipinski definition) is 5. The summed E-state index contributed by atoms with van der Waals surface area (Å²) < 4.78 is 0. The van der Waals surface area contributed by atoms with Crippen LogP contribution < -0.4 is 16.4 Å². The summed E-state index contributed by atoms with van der Waals surface area (Å²) >= 11 is 3.90. The standard InChI is InChI=1S/C11H21N3O4S/c1-5(2)8(14-9(15)7(12)4-19)10(16)13-6(3)11(17)18/h5-8,19H,4,12H2,1-3H3,(H,13,16)(H,14,15)(H,17,18). The molecule has 2 amide bonds. The molecule has 3 unspecified atom stereocenters. The van der Waals surface area contributed by atoms with Crippen LogP contribution in [0.5, 0.6) is 0 Å². The maximum atomic E-state index is 11.9. The van der Waals surface area contributed by atoms with E-state index in [1.54, 1.807) is 13.8 Å². The third-order valence-electron chi connectivity index (χ3n) is 2.51. The molecule has 0 saturated carbocycles. The number of carboxylic acid groups (broad SMARTS) is 1. The highest BCUT2D eigenvalue weighted by Crippen LogP contribution is 2.03. The summed E-state index contributed by atoms with van der Waals surface area (Å²) in [5.41, 5.74) is 5.50. The van der Waals surface area contributed by atoms with Crippen molar-refractivity contribution in [3.63, 3.8) is 0 Å². The molecule has 0 aliphatic heterocycles. The van der Waals surface area contributed by atoms with Crippen molar-refractivity contribution >= 4 is 30.4 Å². The molecule has 0 bridgehead atoms. The molecule has 7 nitrogen and oxygen atoms in total. The number of carbonyl (C=O) groups excluding carboxylic acids is 2. The lowest BCUT2D eigenvalue weighted by Crippen LogP contribution is -2.56. The summed E-state index contributed by atoms with van der Waals surface area (Å²) in [6.07, 6.45) is 0. The molecule has 0 aromatic rings. The summed E-state index contributed by atoms with van der Waals surface area (Å²) in [6, 6.07) is -2.67. The normalized spacial score (nSPS) is 15.5. The van der Waals surface area contributed by atoms with Gasteiger partial charge in [0.2, 0.25) is 11.8 Å². The van der Waals surface area contributed by atoms with Crippen molar-refractivity contribution in [1.82, 2.24) is 10.6 Å². The van der Waals surface area contributed by atoms with Gasteiger partial charge in [-0.15, -0.1) is 0 Å². The number of carbonyl (C=O) groups is 3. The fourth-order valence-electron chi connectivity index (χ4n) is 1.24. The molecular weight excluding hydrogens is 270 g/mol. The first-order valence-corrected chi connectivity index (χ1v) is 6.54. The number of rotatable bonds is 7. The fourth-order valence-corrected chi connectivity index (χ4v) is 1.41. The first kappa shape index (κ1) is 17.7. The average molecular weight is 291 g/mol. The van der Waals surface area contributed by atoms with E-state index in [0.717, 1.165) is 0 Å². The van der Waals surface area contributed by atoms with E-state index >= 15 is 0 Å². The summed E-state index contributed by atoms with van der Waals surface area (Å²) in [7, 11) is 0. The molecule has 0 spiro atoms. The lowest BCUT2D eigenvalue weighted by atomic mass is 10.0. The number of aliphatic carboxylic acids is 1. The third-order valence-corrected chi connectivity index (χ3v) is 2.90. The quantitative estimate of drug-likeness (QED) is 0.384. The molecule has 0 aromatic carbocycles. The van der Waals surface area contributed by atoms with Crippen molar-refractivity contribution in [2.45, 2.75) is 38.9 Å². The Labute approximate surface area is 117 Å². The minimum atomic E-state index is -1.14. The lowest BCUT2D eigenvalue weighted by Gasteiger charge is -2.24. The van der Waals surface area contributed by atoms with E-state index in [4.69, 9.17) is 10.8 Å². The number of hydrogen-bond donors (Lipinski definition) is 5. The van der Waals surface area contributed by atoms with Gasteiger partial charge < -0.3 is 21.5 Å². The molecule has 0 heterocycles. The summed E-state index contributed by atoms with van der Waals surface area (Å²) in [5.74, 6) is -2.23. The predicted molar refractivity (Wildman–Crippen MR) is 73.8 cm³/mol. The monoisotopic (exact) mass is 291 g/mol. The Bertz CT molecular complexity index is 349. The van der Waals surface area contributed by atoms with Crippen LogP contribution in [0.15, 0.2) is 0 Å². The maximum Gasteiger partial charge on any atom is 0.325 e. The van der Waals surface area contributed by atoms with E-state index in [-0.39, 0.29) is 11.7 Å². The minimum absolute atomic E-state index is 0.157. The Morgan fingerprint density at radius 3 is 2.05 bits per heavy atom. The van der Waals surface area contributed by atoms with Crippen LogP contribution in [-0.2, 0) is 14.4 Å². The van der Waals surface area contributed by atoms with Gasteiger partial charge >= 0.3 is 5.97 Å². The van der Waals surface area contributed by atoms with Gasteiger partial charge in [0.25, 0.3) is 0 Å². The zero-order valence-electron chi connectivity index (χ0n) is 11.2. The van der Waals surface area contributed by atoms with Crippen molar-refractivity contribution in [1.29, 1.82) is 0 Å². The summed E-state index contributed by atoms with van der Waals surface area (Å²) in [4.78, 5) is 34.2. The van der Waals surface area contributed by atoms with Crippen molar-refractivity contribution in [3.05, 3.63) is 0 Å². The highest BCUT2D eigenvalue weighted by Gasteiger charge is 2.28. The molecule has 0 aliphatic rings. The van der Waals surface area contributed by atoms with E-state index < -0.39 is 35.9 Å². The van der Waals surface area contributed by atoms with E-state index in [1.165, 1.54) is 6.92 Å². The van der Waals surface area contributed by atoms with Gasteiger partial charge in [-0.2, -0.15) is 12.6 Å². The molecule has 8 heteroatoms. The van der Waals surface area contributed by atoms with Gasteiger partial charge in [-0.1, -0.05) is 13.8 Å². The van der Waals surface area contributed by atoms with Crippen molar-refractivity contribution in [3.8, 4) is 0 Å². The Balaban J connectivity index is 4.69. The fraction of sp³-hybridized carbons (Fsp3) is 0.727. The molecule has 0 aliphatic carbocycles. The first-order valence-electron chi connectivity index (χ1n) is 5.90. The number of thiol groups is 1. The minimum Gasteiger partial charge on any atom is -0.480 e. The highest BCUT2D eigenvalue weighted by molar-refractivity contribution is 7.80. The number of amides is 2. The van der Waals surface area contributed by atoms with Crippen LogP contribution in [0, 0.1) is 5.92 Å². The number of carboxylic acids is 1. The molecule has 0 aromatic heterocycles. The van der Waals surface area contributed by atoms with Gasteiger partial charge in [0.1, 0.15) is 12.1 Å². The van der Waals surface area contributed by atoms with Gasteiger partial charge in [0, 0.05) is 5.75 Å². The molecule has 5 N–H and O–H groups in total. The van der Waals surface area contributed by atoms with Crippen LogP contribution in [-0.4, -0.2) is 46.8 Å². The zero-order chi connectivity index (χ0) is 15.2. The van der Waals surface area contributed by atoms with Crippen LogP contribution in [0.2, 0.25) is 0 Å². The van der Waals surface area contributed by atoms with Crippen molar-refractivity contribution in [2.75, 3.05) is 5.75 Å². The van der Waals surface area contributed by atoms with Gasteiger partial charge in [-0.05, 0) is 12.8 Å². The molecule has 19 heavy (non-hydrogen) atoms. The van der Waals surface area contributed by atoms with Gasteiger partial charge in [0.05, 0.1) is 6.04 Å². The smallest absolute Gasteiger partial charge is 0.325 e. The molecule has 0 fully saturated rings. The Hall–Kier alpha value is -1.28. The third kappa shape index (κ3) is 5.93. The predicted octanol–water partition coefficient (Wildman–Crippen LogP) is -1.03. The Morgan fingerprint density at radius 1 is 1.16 bits per heavy atom. The molecule has 110 valence electrons. The van der Waals surface area contributed by atoms with Gasteiger partial charge in [0.15, 0.2) is 0 Å². The van der Waals surface area contributed by atoms with Gasteiger partial charge in [-0.3, -0.25) is 14.4 Å². The first-order chi connectivity index (χ1) is 8.70. The average Bonchev–Trinajstić information content (AvgIpc) is 2.33. The summed E-state index contributed by atoms with van der Waals surface area (Å²) in [6.45, 7) is 4.82. The number of nitrogens with one attached hydrogen (secondary N) is 2. The molecule has 0 rings (SSSR count).